The maximum absolute atomic E-state index is 12.6. The van der Waals surface area contributed by atoms with E-state index < -0.39 is 23.8 Å². The fourth-order valence-corrected chi connectivity index (χ4v) is 2.42. The molecule has 1 atom stereocenters. The lowest BCUT2D eigenvalue weighted by atomic mass is 10.1. The monoisotopic (exact) mass is 382 g/mol. The number of benzene rings is 2. The van der Waals surface area contributed by atoms with Crippen molar-refractivity contribution >= 4 is 23.9 Å². The summed E-state index contributed by atoms with van der Waals surface area (Å²) in [6, 6.07) is 14.8. The Kier molecular flexibility index (Phi) is 7.33. The van der Waals surface area contributed by atoms with Crippen molar-refractivity contribution in [3.05, 3.63) is 71.4 Å². The number of ether oxygens (including phenoxy) is 1. The summed E-state index contributed by atoms with van der Waals surface area (Å²) in [5.41, 5.74) is 1.08. The number of carboxylic acid groups (broad SMARTS) is 1. The van der Waals surface area contributed by atoms with Crippen molar-refractivity contribution in [2.75, 3.05) is 7.11 Å². The normalized spacial score (nSPS) is 12.0. The molecule has 0 saturated heterocycles. The first-order chi connectivity index (χ1) is 13.4. The molecule has 0 unspecified atom stereocenters. The molecule has 28 heavy (non-hydrogen) atoms. The maximum atomic E-state index is 12.6. The molecule has 0 aliphatic carbocycles. The number of carboxylic acids is 1. The molecular weight excluding hydrogens is 360 g/mol. The molecule has 0 bridgehead atoms. The Bertz CT molecular complexity index is 860. The molecule has 0 aromatic heterocycles. The number of carbonyl (C=O) groups excluding carboxylic acids is 2. The van der Waals surface area contributed by atoms with Gasteiger partial charge in [-0.1, -0.05) is 30.3 Å². The topological polar surface area (TPSA) is 105 Å². The summed E-state index contributed by atoms with van der Waals surface area (Å²) in [5.74, 6) is -1.39. The van der Waals surface area contributed by atoms with E-state index in [4.69, 9.17) is 9.84 Å². The van der Waals surface area contributed by atoms with Crippen LogP contribution in [0.3, 0.4) is 0 Å². The van der Waals surface area contributed by atoms with Crippen LogP contribution in [-0.4, -0.2) is 36.0 Å². The van der Waals surface area contributed by atoms with Crippen molar-refractivity contribution in [1.29, 1.82) is 0 Å². The van der Waals surface area contributed by atoms with Crippen molar-refractivity contribution in [1.82, 2.24) is 10.6 Å². The van der Waals surface area contributed by atoms with E-state index in [1.54, 1.807) is 68.6 Å². The van der Waals surface area contributed by atoms with Gasteiger partial charge in [-0.25, -0.2) is 0 Å². The molecule has 2 aromatic rings. The minimum Gasteiger partial charge on any atom is -0.497 e. The molecule has 0 fully saturated rings. The highest BCUT2D eigenvalue weighted by Crippen LogP contribution is 2.14. The number of methoxy groups -OCH3 is 1. The van der Waals surface area contributed by atoms with Crippen LogP contribution < -0.4 is 15.4 Å². The quantitative estimate of drug-likeness (QED) is 0.608. The fourth-order valence-electron chi connectivity index (χ4n) is 2.42. The van der Waals surface area contributed by atoms with Gasteiger partial charge in [-0.2, -0.15) is 0 Å². The van der Waals surface area contributed by atoms with E-state index in [1.165, 1.54) is 6.08 Å². The highest BCUT2D eigenvalue weighted by atomic mass is 16.5. The van der Waals surface area contributed by atoms with E-state index in [1.807, 2.05) is 0 Å². The zero-order chi connectivity index (χ0) is 20.5. The third kappa shape index (κ3) is 6.28. The molecule has 0 radical (unpaired) electrons. The molecule has 7 nitrogen and oxygen atoms in total. The predicted octanol–water partition coefficient (Wildman–Crippen LogP) is 2.45. The van der Waals surface area contributed by atoms with Gasteiger partial charge in [0.05, 0.1) is 13.5 Å². The number of carbonyl (C=O) groups is 3. The Morgan fingerprint density at radius 3 is 2.29 bits per heavy atom. The molecule has 2 amide bonds. The Labute approximate surface area is 163 Å². The van der Waals surface area contributed by atoms with E-state index in [9.17, 15) is 14.4 Å². The van der Waals surface area contributed by atoms with Gasteiger partial charge < -0.3 is 20.5 Å². The first-order valence-corrected chi connectivity index (χ1v) is 8.64. The zero-order valence-electron chi connectivity index (χ0n) is 15.6. The minimum atomic E-state index is -1.03. The number of hydrogen-bond acceptors (Lipinski definition) is 4. The number of rotatable bonds is 8. The minimum absolute atomic E-state index is 0.0104. The van der Waals surface area contributed by atoms with Crippen molar-refractivity contribution in [2.24, 2.45) is 0 Å². The van der Waals surface area contributed by atoms with Gasteiger partial charge >= 0.3 is 5.97 Å². The van der Waals surface area contributed by atoms with Crippen LogP contribution in [-0.2, 0) is 9.59 Å². The van der Waals surface area contributed by atoms with Crippen LogP contribution in [0, 0.1) is 0 Å². The second-order valence-corrected chi connectivity index (χ2v) is 6.12. The first kappa shape index (κ1) is 20.7. The summed E-state index contributed by atoms with van der Waals surface area (Å²) in [7, 11) is 1.55. The average molecular weight is 382 g/mol. The van der Waals surface area contributed by atoms with Crippen molar-refractivity contribution < 1.29 is 24.2 Å². The van der Waals surface area contributed by atoms with Gasteiger partial charge in [0.2, 0.25) is 0 Å². The van der Waals surface area contributed by atoms with Gasteiger partial charge in [0.25, 0.3) is 11.8 Å². The Balaban J connectivity index is 2.25. The largest absolute Gasteiger partial charge is 0.497 e. The van der Waals surface area contributed by atoms with E-state index in [2.05, 4.69) is 10.6 Å². The summed E-state index contributed by atoms with van der Waals surface area (Å²) < 4.78 is 5.11. The van der Waals surface area contributed by atoms with Crippen LogP contribution in [0.15, 0.2) is 60.3 Å². The highest BCUT2D eigenvalue weighted by Gasteiger charge is 2.17. The van der Waals surface area contributed by atoms with E-state index >= 15 is 0 Å². The number of amides is 2. The Morgan fingerprint density at radius 1 is 1.07 bits per heavy atom. The van der Waals surface area contributed by atoms with E-state index in [0.717, 1.165) is 0 Å². The summed E-state index contributed by atoms with van der Waals surface area (Å²) in [6.45, 7) is 1.58. The van der Waals surface area contributed by atoms with Crippen LogP contribution in [0.5, 0.6) is 5.75 Å². The maximum Gasteiger partial charge on any atom is 0.305 e. The van der Waals surface area contributed by atoms with Crippen molar-refractivity contribution in [2.45, 2.75) is 19.4 Å². The number of nitrogens with one attached hydrogen (secondary N) is 2. The molecular formula is C21H22N2O5. The van der Waals surface area contributed by atoms with Crippen molar-refractivity contribution in [3.63, 3.8) is 0 Å². The van der Waals surface area contributed by atoms with Gasteiger partial charge in [-0.15, -0.1) is 0 Å². The van der Waals surface area contributed by atoms with Crippen LogP contribution in [0.2, 0.25) is 0 Å². The molecule has 0 spiro atoms. The van der Waals surface area contributed by atoms with E-state index in [-0.39, 0.29) is 12.1 Å². The molecule has 0 saturated carbocycles. The molecule has 0 aliphatic rings. The van der Waals surface area contributed by atoms with Crippen LogP contribution in [0.1, 0.15) is 29.3 Å². The molecule has 2 aromatic carbocycles. The Hall–Kier alpha value is -3.61. The standard InChI is InChI=1S/C21H22N2O5/c1-14(12-19(24)25)22-21(27)18(13-15-8-10-17(28-2)11-9-15)23-20(26)16-6-4-3-5-7-16/h3-11,13-14H,12H2,1-2H3,(H,22,27)(H,23,26)(H,24,25)/b18-13+/t14-/m1/s1. The number of hydrogen-bond donors (Lipinski definition) is 3. The lowest BCUT2D eigenvalue weighted by molar-refractivity contribution is -0.137. The van der Waals surface area contributed by atoms with Gasteiger partial charge in [0.1, 0.15) is 11.4 Å². The summed E-state index contributed by atoms with van der Waals surface area (Å²) in [5, 5.41) is 14.1. The van der Waals surface area contributed by atoms with Gasteiger partial charge in [-0.3, -0.25) is 14.4 Å². The smallest absolute Gasteiger partial charge is 0.305 e. The SMILES string of the molecule is COc1ccc(/C=C(/NC(=O)c2ccccc2)C(=O)N[C@H](C)CC(=O)O)cc1. The van der Waals surface area contributed by atoms with Crippen LogP contribution in [0.4, 0.5) is 0 Å². The third-order valence-corrected chi connectivity index (χ3v) is 3.81. The average Bonchev–Trinajstić information content (AvgIpc) is 2.67. The van der Waals surface area contributed by atoms with Gasteiger partial charge in [-0.05, 0) is 42.8 Å². The van der Waals surface area contributed by atoms with Crippen molar-refractivity contribution in [3.8, 4) is 5.75 Å². The second kappa shape index (κ2) is 9.91. The second-order valence-electron chi connectivity index (χ2n) is 6.12. The third-order valence-electron chi connectivity index (χ3n) is 3.81. The molecule has 7 heteroatoms. The lowest BCUT2D eigenvalue weighted by Gasteiger charge is -2.15. The summed E-state index contributed by atoms with van der Waals surface area (Å²) in [4.78, 5) is 35.9. The van der Waals surface area contributed by atoms with Gasteiger partial charge in [0, 0.05) is 11.6 Å². The highest BCUT2D eigenvalue weighted by molar-refractivity contribution is 6.05. The Morgan fingerprint density at radius 2 is 1.71 bits per heavy atom. The van der Waals surface area contributed by atoms with E-state index in [0.29, 0.717) is 16.9 Å². The van der Waals surface area contributed by atoms with Crippen LogP contribution in [0.25, 0.3) is 6.08 Å². The predicted molar refractivity (Wildman–Crippen MR) is 105 cm³/mol. The molecule has 0 aliphatic heterocycles. The number of aliphatic carboxylic acids is 1. The molecule has 146 valence electrons. The molecule has 2 rings (SSSR count). The zero-order valence-corrected chi connectivity index (χ0v) is 15.6. The summed E-state index contributed by atoms with van der Waals surface area (Å²) >= 11 is 0. The molecule has 3 N–H and O–H groups in total. The summed E-state index contributed by atoms with van der Waals surface area (Å²) in [6.07, 6.45) is 1.29. The van der Waals surface area contributed by atoms with Gasteiger partial charge in [0.15, 0.2) is 0 Å². The molecule has 0 heterocycles. The van der Waals surface area contributed by atoms with Crippen LogP contribution >= 0.6 is 0 Å². The lowest BCUT2D eigenvalue weighted by Crippen LogP contribution is -2.40. The first-order valence-electron chi connectivity index (χ1n) is 8.64. The fraction of sp³-hybridized carbons (Fsp3) is 0.190.